The van der Waals surface area contributed by atoms with Crippen LogP contribution in [0.2, 0.25) is 0 Å². The molecule has 2 aromatic rings. The van der Waals surface area contributed by atoms with E-state index in [0.717, 1.165) is 63.9 Å². The molecule has 1 aliphatic heterocycles. The second-order valence-electron chi connectivity index (χ2n) is 7.86. The number of nitrogens with zero attached hydrogens (tertiary/aromatic N) is 2. The molecular formula is C25H36IN5O2. The molecule has 1 amide bonds. The van der Waals surface area contributed by atoms with Gasteiger partial charge in [-0.25, -0.2) is 4.99 Å². The van der Waals surface area contributed by atoms with Gasteiger partial charge in [-0.1, -0.05) is 36.4 Å². The molecule has 0 saturated carbocycles. The van der Waals surface area contributed by atoms with Gasteiger partial charge >= 0.3 is 0 Å². The maximum Gasteiger partial charge on any atom is 0.251 e. The van der Waals surface area contributed by atoms with Crippen molar-refractivity contribution in [3.05, 3.63) is 70.8 Å². The number of rotatable bonds is 9. The third-order valence-electron chi connectivity index (χ3n) is 5.39. The maximum absolute atomic E-state index is 11.8. The van der Waals surface area contributed by atoms with Gasteiger partial charge in [-0.3, -0.25) is 9.69 Å². The van der Waals surface area contributed by atoms with Gasteiger partial charge in [0.05, 0.1) is 19.8 Å². The highest BCUT2D eigenvalue weighted by atomic mass is 127. The predicted molar refractivity (Wildman–Crippen MR) is 144 cm³/mol. The van der Waals surface area contributed by atoms with Crippen LogP contribution in [-0.2, 0) is 24.2 Å². The molecule has 2 aromatic carbocycles. The first-order valence-electron chi connectivity index (χ1n) is 11.4. The fraction of sp³-hybridized carbons (Fsp3) is 0.440. The van der Waals surface area contributed by atoms with E-state index in [-0.39, 0.29) is 29.9 Å². The molecular weight excluding hydrogens is 529 g/mol. The molecule has 0 spiro atoms. The quantitative estimate of drug-likeness (QED) is 0.248. The molecule has 180 valence electrons. The van der Waals surface area contributed by atoms with Gasteiger partial charge in [0.15, 0.2) is 5.96 Å². The first kappa shape index (κ1) is 27.1. The van der Waals surface area contributed by atoms with E-state index in [9.17, 15) is 4.79 Å². The lowest BCUT2D eigenvalue weighted by Gasteiger charge is -2.26. The third-order valence-corrected chi connectivity index (χ3v) is 5.39. The molecule has 8 heteroatoms. The number of amides is 1. The van der Waals surface area contributed by atoms with E-state index in [1.807, 2.05) is 24.3 Å². The summed E-state index contributed by atoms with van der Waals surface area (Å²) in [5, 5.41) is 9.38. The Kier molecular flexibility index (Phi) is 12.2. The van der Waals surface area contributed by atoms with Crippen LogP contribution in [0, 0.1) is 0 Å². The van der Waals surface area contributed by atoms with Crippen molar-refractivity contribution in [1.29, 1.82) is 0 Å². The molecule has 0 unspecified atom stereocenters. The summed E-state index contributed by atoms with van der Waals surface area (Å²) in [6.45, 7) is 8.79. The highest BCUT2D eigenvalue weighted by Gasteiger charge is 2.11. The molecule has 0 atom stereocenters. The molecule has 3 N–H and O–H groups in total. The van der Waals surface area contributed by atoms with E-state index < -0.39 is 0 Å². The van der Waals surface area contributed by atoms with Gasteiger partial charge in [-0.05, 0) is 42.2 Å². The highest BCUT2D eigenvalue weighted by molar-refractivity contribution is 14.0. The molecule has 1 heterocycles. The van der Waals surface area contributed by atoms with Gasteiger partial charge < -0.3 is 20.7 Å². The smallest absolute Gasteiger partial charge is 0.251 e. The van der Waals surface area contributed by atoms with Crippen LogP contribution >= 0.6 is 24.0 Å². The van der Waals surface area contributed by atoms with Gasteiger partial charge in [0.1, 0.15) is 0 Å². The minimum atomic E-state index is -0.0643. The highest BCUT2D eigenvalue weighted by Crippen LogP contribution is 2.11. The summed E-state index contributed by atoms with van der Waals surface area (Å²) in [6, 6.07) is 16.4. The molecule has 0 bridgehead atoms. The van der Waals surface area contributed by atoms with Crippen LogP contribution in [0.4, 0.5) is 0 Å². The Labute approximate surface area is 214 Å². The average Bonchev–Trinajstić information content (AvgIpc) is 2.83. The van der Waals surface area contributed by atoms with Crippen molar-refractivity contribution in [2.75, 3.05) is 46.4 Å². The van der Waals surface area contributed by atoms with Gasteiger partial charge in [0.25, 0.3) is 5.91 Å². The summed E-state index contributed by atoms with van der Waals surface area (Å²) in [5.74, 6) is 0.735. The molecule has 7 nitrogen and oxygen atoms in total. The van der Waals surface area contributed by atoms with Crippen LogP contribution in [0.1, 0.15) is 34.0 Å². The number of guanidine groups is 1. The number of halogens is 1. The van der Waals surface area contributed by atoms with Crippen LogP contribution in [-0.4, -0.2) is 63.2 Å². The second-order valence-corrected chi connectivity index (χ2v) is 7.86. The normalized spacial score (nSPS) is 14.3. The van der Waals surface area contributed by atoms with Crippen molar-refractivity contribution in [3.8, 4) is 0 Å². The van der Waals surface area contributed by atoms with Gasteiger partial charge in [-0.15, -0.1) is 24.0 Å². The number of aliphatic imine (C=N–C) groups is 1. The van der Waals surface area contributed by atoms with Crippen LogP contribution in [0.15, 0.2) is 53.5 Å². The van der Waals surface area contributed by atoms with E-state index in [1.54, 1.807) is 7.05 Å². The number of carbonyl (C=O) groups excluding carboxylic acids is 1. The van der Waals surface area contributed by atoms with Crippen molar-refractivity contribution in [2.45, 2.75) is 26.4 Å². The Balaban J connectivity index is 0.00000385. The minimum Gasteiger partial charge on any atom is -0.379 e. The number of morpholine rings is 1. The fourth-order valence-electron chi connectivity index (χ4n) is 3.69. The molecule has 0 radical (unpaired) electrons. The van der Waals surface area contributed by atoms with Crippen molar-refractivity contribution < 1.29 is 9.53 Å². The molecule has 1 saturated heterocycles. The zero-order valence-electron chi connectivity index (χ0n) is 19.6. The first-order valence-corrected chi connectivity index (χ1v) is 11.4. The number of ether oxygens (including phenoxy) is 1. The minimum absolute atomic E-state index is 0. The van der Waals surface area contributed by atoms with Crippen molar-refractivity contribution in [3.63, 3.8) is 0 Å². The van der Waals surface area contributed by atoms with E-state index in [4.69, 9.17) is 9.73 Å². The van der Waals surface area contributed by atoms with Crippen molar-refractivity contribution in [1.82, 2.24) is 20.9 Å². The maximum atomic E-state index is 11.8. The van der Waals surface area contributed by atoms with Crippen LogP contribution in [0.3, 0.4) is 0 Å². The SMILES string of the molecule is CCNC(=NCc1cccc(CN2CCOCC2)c1)NCCc1cccc(C(=O)NC)c1.I. The Morgan fingerprint density at radius 1 is 1.03 bits per heavy atom. The Morgan fingerprint density at radius 2 is 1.76 bits per heavy atom. The second kappa shape index (κ2) is 14.9. The van der Waals surface area contributed by atoms with Gasteiger partial charge in [-0.2, -0.15) is 0 Å². The van der Waals surface area contributed by atoms with Crippen LogP contribution in [0.5, 0.6) is 0 Å². The molecule has 1 aliphatic rings. The molecule has 1 fully saturated rings. The molecule has 0 aliphatic carbocycles. The third kappa shape index (κ3) is 9.30. The summed E-state index contributed by atoms with van der Waals surface area (Å²) in [4.78, 5) is 19.0. The summed E-state index contributed by atoms with van der Waals surface area (Å²) >= 11 is 0. The lowest BCUT2D eigenvalue weighted by Crippen LogP contribution is -2.38. The number of carbonyl (C=O) groups is 1. The monoisotopic (exact) mass is 565 g/mol. The number of hydrogen-bond donors (Lipinski definition) is 3. The zero-order valence-corrected chi connectivity index (χ0v) is 21.9. The van der Waals surface area contributed by atoms with Gasteiger partial charge in [0, 0.05) is 45.3 Å². The van der Waals surface area contributed by atoms with E-state index in [1.165, 1.54) is 11.1 Å². The van der Waals surface area contributed by atoms with E-state index in [0.29, 0.717) is 12.1 Å². The Morgan fingerprint density at radius 3 is 2.52 bits per heavy atom. The van der Waals surface area contributed by atoms with Crippen molar-refractivity contribution in [2.24, 2.45) is 4.99 Å². The van der Waals surface area contributed by atoms with Crippen molar-refractivity contribution >= 4 is 35.8 Å². The van der Waals surface area contributed by atoms with Crippen LogP contribution < -0.4 is 16.0 Å². The number of nitrogens with one attached hydrogen (secondary N) is 3. The molecule has 0 aromatic heterocycles. The summed E-state index contributed by atoms with van der Waals surface area (Å²) in [6.07, 6.45) is 0.810. The molecule has 33 heavy (non-hydrogen) atoms. The lowest BCUT2D eigenvalue weighted by atomic mass is 10.1. The molecule has 3 rings (SSSR count). The fourth-order valence-corrected chi connectivity index (χ4v) is 3.69. The summed E-state index contributed by atoms with van der Waals surface area (Å²) in [5.41, 5.74) is 4.31. The Hall–Kier alpha value is -2.17. The predicted octanol–water partition coefficient (Wildman–Crippen LogP) is 2.79. The zero-order chi connectivity index (χ0) is 22.6. The Bertz CT molecular complexity index is 900. The summed E-state index contributed by atoms with van der Waals surface area (Å²) in [7, 11) is 1.65. The summed E-state index contributed by atoms with van der Waals surface area (Å²) < 4.78 is 5.44. The lowest BCUT2D eigenvalue weighted by molar-refractivity contribution is 0.0342. The first-order chi connectivity index (χ1) is 15.7. The van der Waals surface area contributed by atoms with Crippen LogP contribution in [0.25, 0.3) is 0 Å². The van der Waals surface area contributed by atoms with E-state index >= 15 is 0 Å². The largest absolute Gasteiger partial charge is 0.379 e. The standard InChI is InChI=1S/C25H35N5O2.HI/c1-3-27-25(28-11-10-20-6-5-9-23(17-20)24(31)26-2)29-18-21-7-4-8-22(16-21)19-30-12-14-32-15-13-30;/h4-9,16-17H,3,10-15,18-19H2,1-2H3,(H,26,31)(H2,27,28,29);1H. The number of benzene rings is 2. The average molecular weight is 566 g/mol. The van der Waals surface area contributed by atoms with E-state index in [2.05, 4.69) is 52.0 Å². The topological polar surface area (TPSA) is 78.0 Å². The number of hydrogen-bond acceptors (Lipinski definition) is 4. The van der Waals surface area contributed by atoms with Gasteiger partial charge in [0.2, 0.25) is 0 Å².